The standard InChI is InChI=1S/C38H76O4P/c1-3-5-7-9-11-13-15-17-19-21-23-25-27-29-31-33-35-38(37-39,43(40,41)42)36-34-32-30-28-26-24-22-20-18-16-14-12-10-8-6-4-2/h3-36H2,1-2H3,(H2,40,41,42). The second-order valence-corrected chi connectivity index (χ2v) is 15.7. The van der Waals surface area contributed by atoms with E-state index in [1.165, 1.54) is 167 Å². The molecule has 5 heteroatoms. The Morgan fingerprint density at radius 3 is 0.744 bits per heavy atom. The molecular weight excluding hydrogens is 551 g/mol. The Morgan fingerprint density at radius 1 is 0.395 bits per heavy atom. The molecule has 0 rings (SSSR count). The first-order chi connectivity index (χ1) is 20.9. The first-order valence-electron chi connectivity index (χ1n) is 19.4. The van der Waals surface area contributed by atoms with Gasteiger partial charge in [-0.3, -0.25) is 9.36 Å². The van der Waals surface area contributed by atoms with E-state index in [9.17, 15) is 19.1 Å². The fourth-order valence-corrected chi connectivity index (χ4v) is 7.53. The summed E-state index contributed by atoms with van der Waals surface area (Å²) in [6, 6.07) is 0. The summed E-state index contributed by atoms with van der Waals surface area (Å²) in [4.78, 5) is 31.9. The molecule has 2 N–H and O–H groups in total. The van der Waals surface area contributed by atoms with E-state index in [1.807, 2.05) is 6.29 Å². The lowest BCUT2D eigenvalue weighted by Crippen LogP contribution is -2.31. The molecular formula is C38H76O4P. The van der Waals surface area contributed by atoms with Crippen molar-refractivity contribution in [2.24, 2.45) is 0 Å². The van der Waals surface area contributed by atoms with E-state index in [1.54, 1.807) is 0 Å². The molecule has 0 spiro atoms. The predicted octanol–water partition coefficient (Wildman–Crippen LogP) is 13.3. The van der Waals surface area contributed by atoms with E-state index in [-0.39, 0.29) is 12.8 Å². The van der Waals surface area contributed by atoms with Crippen LogP contribution in [0.3, 0.4) is 0 Å². The molecule has 0 fully saturated rings. The van der Waals surface area contributed by atoms with Crippen molar-refractivity contribution in [3.8, 4) is 0 Å². The van der Waals surface area contributed by atoms with Gasteiger partial charge in [0.25, 0.3) is 0 Å². The number of rotatable bonds is 36. The third-order valence-corrected chi connectivity index (χ3v) is 11.3. The Bertz CT molecular complexity index is 581. The largest absolute Gasteiger partial charge is 0.339 e. The van der Waals surface area contributed by atoms with Gasteiger partial charge in [-0.25, -0.2) is 0 Å². The lowest BCUT2D eigenvalue weighted by molar-refractivity contribution is 0.323. The van der Waals surface area contributed by atoms with Crippen molar-refractivity contribution in [1.29, 1.82) is 0 Å². The van der Waals surface area contributed by atoms with Gasteiger partial charge in [-0.15, -0.1) is 0 Å². The van der Waals surface area contributed by atoms with Crippen LogP contribution in [0.4, 0.5) is 0 Å². The lowest BCUT2D eigenvalue weighted by Gasteiger charge is -2.28. The van der Waals surface area contributed by atoms with Crippen LogP contribution in [0.1, 0.15) is 232 Å². The van der Waals surface area contributed by atoms with Crippen LogP contribution in [0.25, 0.3) is 0 Å². The fourth-order valence-electron chi connectivity index (χ4n) is 6.51. The summed E-state index contributed by atoms with van der Waals surface area (Å²) < 4.78 is 12.3. The molecule has 0 heterocycles. The second kappa shape index (κ2) is 31.8. The highest BCUT2D eigenvalue weighted by Crippen LogP contribution is 2.54. The van der Waals surface area contributed by atoms with Gasteiger partial charge in [0, 0.05) is 0 Å². The van der Waals surface area contributed by atoms with Crippen molar-refractivity contribution >= 4 is 13.9 Å². The SMILES string of the molecule is CCCCCCCCCCCCCCCCCCC([C]=O)(CCCCCCCCCCCCCCCCCC)P(=O)(O)O. The van der Waals surface area contributed by atoms with Gasteiger partial charge in [0.1, 0.15) is 5.16 Å². The molecule has 43 heavy (non-hydrogen) atoms. The van der Waals surface area contributed by atoms with Crippen molar-refractivity contribution in [2.75, 3.05) is 0 Å². The zero-order chi connectivity index (χ0) is 31.7. The molecule has 1 radical (unpaired) electrons. The van der Waals surface area contributed by atoms with Gasteiger partial charge in [0.05, 0.1) is 0 Å². The van der Waals surface area contributed by atoms with Gasteiger partial charge in [-0.2, -0.15) is 0 Å². The molecule has 0 atom stereocenters. The number of hydrogen-bond acceptors (Lipinski definition) is 2. The molecule has 0 aliphatic carbocycles. The van der Waals surface area contributed by atoms with Gasteiger partial charge in [0.15, 0.2) is 0 Å². The van der Waals surface area contributed by atoms with E-state index < -0.39 is 12.8 Å². The predicted molar refractivity (Wildman–Crippen MR) is 189 cm³/mol. The molecule has 0 unspecified atom stereocenters. The Labute approximate surface area is 269 Å². The fraction of sp³-hybridized carbons (Fsp3) is 0.974. The van der Waals surface area contributed by atoms with Gasteiger partial charge in [0.2, 0.25) is 6.29 Å². The summed E-state index contributed by atoms with van der Waals surface area (Å²) >= 11 is 0. The van der Waals surface area contributed by atoms with Crippen LogP contribution in [-0.2, 0) is 9.36 Å². The summed E-state index contributed by atoms with van der Waals surface area (Å²) in [5.41, 5.74) is 0. The molecule has 257 valence electrons. The minimum Gasteiger partial charge on any atom is -0.324 e. The number of unbranched alkanes of at least 4 members (excludes halogenated alkanes) is 30. The van der Waals surface area contributed by atoms with Gasteiger partial charge < -0.3 is 9.79 Å². The van der Waals surface area contributed by atoms with Crippen LogP contribution >= 0.6 is 7.60 Å². The van der Waals surface area contributed by atoms with Crippen molar-refractivity contribution < 1.29 is 19.1 Å². The van der Waals surface area contributed by atoms with Crippen LogP contribution in [0.15, 0.2) is 0 Å². The Morgan fingerprint density at radius 2 is 0.581 bits per heavy atom. The van der Waals surface area contributed by atoms with Crippen LogP contribution in [0, 0.1) is 0 Å². The first kappa shape index (κ1) is 42.8. The summed E-state index contributed by atoms with van der Waals surface area (Å²) in [6.07, 6.45) is 42.9. The summed E-state index contributed by atoms with van der Waals surface area (Å²) in [5.74, 6) is 0. The zero-order valence-corrected chi connectivity index (χ0v) is 30.1. The molecule has 4 nitrogen and oxygen atoms in total. The van der Waals surface area contributed by atoms with E-state index in [4.69, 9.17) is 0 Å². The van der Waals surface area contributed by atoms with E-state index in [2.05, 4.69) is 13.8 Å². The third kappa shape index (κ3) is 26.7. The van der Waals surface area contributed by atoms with Gasteiger partial charge >= 0.3 is 7.60 Å². The molecule has 0 aromatic carbocycles. The average Bonchev–Trinajstić information content (AvgIpc) is 2.99. The van der Waals surface area contributed by atoms with E-state index in [0.29, 0.717) is 12.8 Å². The normalized spacial score (nSPS) is 12.3. The maximum Gasteiger partial charge on any atom is 0.339 e. The number of carbonyl (C=O) groups excluding carboxylic acids is 1. The summed E-state index contributed by atoms with van der Waals surface area (Å²) in [5, 5.41) is -1.58. The zero-order valence-electron chi connectivity index (χ0n) is 29.2. The molecule has 0 aliphatic rings. The second-order valence-electron chi connectivity index (χ2n) is 13.8. The van der Waals surface area contributed by atoms with Crippen LogP contribution in [0.2, 0.25) is 0 Å². The monoisotopic (exact) mass is 628 g/mol. The average molecular weight is 628 g/mol. The lowest BCUT2D eigenvalue weighted by atomic mass is 9.94. The molecule has 0 aliphatic heterocycles. The summed E-state index contributed by atoms with van der Waals surface area (Å²) in [7, 11) is -4.51. The Hall–Kier alpha value is -0.180. The number of hydrogen-bond donors (Lipinski definition) is 2. The highest BCUT2D eigenvalue weighted by molar-refractivity contribution is 7.54. The third-order valence-electron chi connectivity index (χ3n) is 9.64. The molecule has 0 bridgehead atoms. The molecule has 0 aromatic rings. The van der Waals surface area contributed by atoms with Crippen molar-refractivity contribution in [3.63, 3.8) is 0 Å². The van der Waals surface area contributed by atoms with E-state index >= 15 is 0 Å². The minimum absolute atomic E-state index is 0.276. The van der Waals surface area contributed by atoms with Crippen LogP contribution in [0.5, 0.6) is 0 Å². The maximum atomic E-state index is 12.3. The molecule has 0 saturated carbocycles. The molecule has 0 saturated heterocycles. The molecule has 0 amide bonds. The highest BCUT2D eigenvalue weighted by Gasteiger charge is 2.46. The van der Waals surface area contributed by atoms with Crippen LogP contribution < -0.4 is 0 Å². The first-order valence-corrected chi connectivity index (χ1v) is 21.0. The van der Waals surface area contributed by atoms with Crippen molar-refractivity contribution in [1.82, 2.24) is 0 Å². The van der Waals surface area contributed by atoms with Gasteiger partial charge in [-0.05, 0) is 12.8 Å². The molecule has 0 aromatic heterocycles. The quantitative estimate of drug-likeness (QED) is 0.0535. The summed E-state index contributed by atoms with van der Waals surface area (Å²) in [6.45, 7) is 4.54. The maximum absolute atomic E-state index is 12.3. The van der Waals surface area contributed by atoms with E-state index in [0.717, 1.165) is 25.7 Å². The highest BCUT2D eigenvalue weighted by atomic mass is 31.2. The van der Waals surface area contributed by atoms with Crippen molar-refractivity contribution in [3.05, 3.63) is 0 Å². The van der Waals surface area contributed by atoms with Crippen molar-refractivity contribution in [2.45, 2.75) is 237 Å². The topological polar surface area (TPSA) is 74.6 Å². The Kier molecular flexibility index (Phi) is 31.7. The van der Waals surface area contributed by atoms with Gasteiger partial charge in [-0.1, -0.05) is 219 Å². The smallest absolute Gasteiger partial charge is 0.324 e. The minimum atomic E-state index is -4.51. The Balaban J connectivity index is 3.77. The van der Waals surface area contributed by atoms with Crippen LogP contribution in [-0.4, -0.2) is 21.2 Å².